The highest BCUT2D eigenvalue weighted by atomic mass is 16.3. The van der Waals surface area contributed by atoms with Crippen LogP contribution in [0, 0.1) is 5.92 Å². The summed E-state index contributed by atoms with van der Waals surface area (Å²) < 4.78 is 0. The van der Waals surface area contributed by atoms with Crippen molar-refractivity contribution < 1.29 is 9.90 Å². The van der Waals surface area contributed by atoms with Gasteiger partial charge in [0.15, 0.2) is 0 Å². The first-order valence-corrected chi connectivity index (χ1v) is 6.60. The Hall–Kier alpha value is -1.97. The Morgan fingerprint density at radius 3 is 2.68 bits per heavy atom. The third-order valence-corrected chi connectivity index (χ3v) is 3.17. The Morgan fingerprint density at radius 2 is 2.11 bits per heavy atom. The summed E-state index contributed by atoms with van der Waals surface area (Å²) in [6.45, 7) is 5.44. The highest BCUT2D eigenvalue weighted by Gasteiger charge is 2.26. The predicted molar refractivity (Wildman–Crippen MR) is 74.8 cm³/mol. The molecule has 102 valence electrons. The fourth-order valence-corrected chi connectivity index (χ4v) is 1.92. The number of nitrogens with zero attached hydrogens (tertiary/aromatic N) is 1. The lowest BCUT2D eigenvalue weighted by Gasteiger charge is -2.23. The second-order valence-electron chi connectivity index (χ2n) is 4.97. The van der Waals surface area contributed by atoms with Crippen LogP contribution in [0.5, 0.6) is 5.75 Å². The summed E-state index contributed by atoms with van der Waals surface area (Å²) in [4.78, 5) is 13.9. The molecule has 0 spiro atoms. The number of hydrogen-bond acceptors (Lipinski definition) is 2. The Balaban J connectivity index is 1.97. The fourth-order valence-electron chi connectivity index (χ4n) is 1.92. The van der Waals surface area contributed by atoms with Crippen molar-refractivity contribution in [3.8, 4) is 5.75 Å². The zero-order valence-electron chi connectivity index (χ0n) is 11.0. The van der Waals surface area contributed by atoms with Crippen LogP contribution in [0.2, 0.25) is 0 Å². The third-order valence-electron chi connectivity index (χ3n) is 3.17. The molecule has 2 rings (SSSR count). The standard InChI is InChI=1S/C15H20N2O2/c1-2-9-16-15(19)17(10-12-3-4-12)11-13-5-7-14(18)8-6-13/h2,5-8,12,18H,1,3-4,9-11H2,(H,16,19). The van der Waals surface area contributed by atoms with Gasteiger partial charge in [0.2, 0.25) is 0 Å². The van der Waals surface area contributed by atoms with Gasteiger partial charge in [-0.2, -0.15) is 0 Å². The minimum absolute atomic E-state index is 0.0557. The van der Waals surface area contributed by atoms with Gasteiger partial charge < -0.3 is 15.3 Å². The normalized spacial score (nSPS) is 13.9. The topological polar surface area (TPSA) is 52.6 Å². The average Bonchev–Trinajstić information content (AvgIpc) is 3.21. The number of benzene rings is 1. The maximum atomic E-state index is 12.1. The Kier molecular flexibility index (Phi) is 4.44. The number of amides is 2. The van der Waals surface area contributed by atoms with E-state index < -0.39 is 0 Å². The van der Waals surface area contributed by atoms with Crippen LogP contribution in [0.1, 0.15) is 18.4 Å². The maximum absolute atomic E-state index is 12.1. The smallest absolute Gasteiger partial charge is 0.317 e. The lowest BCUT2D eigenvalue weighted by molar-refractivity contribution is 0.193. The number of hydrogen-bond donors (Lipinski definition) is 2. The molecule has 1 aliphatic rings. The molecule has 4 nitrogen and oxygen atoms in total. The van der Waals surface area contributed by atoms with E-state index in [0.717, 1.165) is 12.1 Å². The number of nitrogens with one attached hydrogen (secondary N) is 1. The molecule has 0 saturated heterocycles. The Morgan fingerprint density at radius 1 is 1.42 bits per heavy atom. The van der Waals surface area contributed by atoms with Crippen molar-refractivity contribution in [3.63, 3.8) is 0 Å². The van der Waals surface area contributed by atoms with E-state index in [1.54, 1.807) is 18.2 Å². The summed E-state index contributed by atoms with van der Waals surface area (Å²) in [5.74, 6) is 0.889. The summed E-state index contributed by atoms with van der Waals surface area (Å²) in [6.07, 6.45) is 4.09. The minimum Gasteiger partial charge on any atom is -0.508 e. The quantitative estimate of drug-likeness (QED) is 0.772. The molecule has 1 fully saturated rings. The van der Waals surface area contributed by atoms with Crippen LogP contribution < -0.4 is 5.32 Å². The SMILES string of the molecule is C=CCNC(=O)N(Cc1ccc(O)cc1)CC1CC1. The van der Waals surface area contributed by atoms with Gasteiger partial charge in [0.1, 0.15) is 5.75 Å². The molecular weight excluding hydrogens is 240 g/mol. The van der Waals surface area contributed by atoms with Gasteiger partial charge in [0.25, 0.3) is 0 Å². The molecule has 1 saturated carbocycles. The lowest BCUT2D eigenvalue weighted by atomic mass is 10.2. The van der Waals surface area contributed by atoms with Gasteiger partial charge in [-0.05, 0) is 36.5 Å². The summed E-state index contributed by atoms with van der Waals surface area (Å²) >= 11 is 0. The molecule has 2 N–H and O–H groups in total. The summed E-state index contributed by atoms with van der Waals surface area (Å²) in [5.41, 5.74) is 1.02. The summed E-state index contributed by atoms with van der Waals surface area (Å²) in [7, 11) is 0. The predicted octanol–water partition coefficient (Wildman–Crippen LogP) is 2.50. The molecule has 1 aromatic rings. The number of carbonyl (C=O) groups excluding carboxylic acids is 1. The second-order valence-corrected chi connectivity index (χ2v) is 4.97. The number of aromatic hydroxyl groups is 1. The molecule has 2 amide bonds. The molecular formula is C15H20N2O2. The van der Waals surface area contributed by atoms with E-state index in [4.69, 9.17) is 0 Å². The van der Waals surface area contributed by atoms with E-state index in [1.165, 1.54) is 12.8 Å². The van der Waals surface area contributed by atoms with Crippen molar-refractivity contribution in [3.05, 3.63) is 42.5 Å². The van der Waals surface area contributed by atoms with Crippen molar-refractivity contribution in [2.75, 3.05) is 13.1 Å². The van der Waals surface area contributed by atoms with E-state index >= 15 is 0 Å². The molecule has 0 unspecified atom stereocenters. The largest absolute Gasteiger partial charge is 0.508 e. The van der Waals surface area contributed by atoms with Crippen LogP contribution in [0.25, 0.3) is 0 Å². The third kappa shape index (κ3) is 4.32. The first-order chi connectivity index (χ1) is 9.19. The molecule has 1 aliphatic carbocycles. The van der Waals surface area contributed by atoms with Gasteiger partial charge in [0.05, 0.1) is 0 Å². The van der Waals surface area contributed by atoms with Crippen LogP contribution >= 0.6 is 0 Å². The highest BCUT2D eigenvalue weighted by molar-refractivity contribution is 5.74. The van der Waals surface area contributed by atoms with E-state index in [9.17, 15) is 9.90 Å². The number of carbonyl (C=O) groups is 1. The van der Waals surface area contributed by atoms with Gasteiger partial charge in [-0.25, -0.2) is 4.79 Å². The molecule has 0 bridgehead atoms. The molecule has 4 heteroatoms. The van der Waals surface area contributed by atoms with Crippen LogP contribution in [0.3, 0.4) is 0 Å². The van der Waals surface area contributed by atoms with E-state index in [0.29, 0.717) is 19.0 Å². The molecule has 0 heterocycles. The van der Waals surface area contributed by atoms with Crippen LogP contribution in [-0.4, -0.2) is 29.1 Å². The van der Waals surface area contributed by atoms with Crippen molar-refractivity contribution in [1.29, 1.82) is 0 Å². The fraction of sp³-hybridized carbons (Fsp3) is 0.400. The monoisotopic (exact) mass is 260 g/mol. The first kappa shape index (κ1) is 13.5. The zero-order chi connectivity index (χ0) is 13.7. The van der Waals surface area contributed by atoms with Crippen LogP contribution in [0.15, 0.2) is 36.9 Å². The van der Waals surface area contributed by atoms with Crippen molar-refractivity contribution >= 4 is 6.03 Å². The number of urea groups is 1. The Bertz CT molecular complexity index is 438. The van der Waals surface area contributed by atoms with Gasteiger partial charge in [0, 0.05) is 19.6 Å². The second kappa shape index (κ2) is 6.27. The van der Waals surface area contributed by atoms with Crippen molar-refractivity contribution in [1.82, 2.24) is 10.2 Å². The molecule has 1 aromatic carbocycles. The minimum atomic E-state index is -0.0557. The van der Waals surface area contributed by atoms with Crippen LogP contribution in [-0.2, 0) is 6.54 Å². The lowest BCUT2D eigenvalue weighted by Crippen LogP contribution is -2.40. The van der Waals surface area contributed by atoms with E-state index in [-0.39, 0.29) is 11.8 Å². The summed E-state index contributed by atoms with van der Waals surface area (Å²) in [6, 6.07) is 6.92. The number of phenols is 1. The summed E-state index contributed by atoms with van der Waals surface area (Å²) in [5, 5.41) is 12.1. The molecule has 0 radical (unpaired) electrons. The highest BCUT2D eigenvalue weighted by Crippen LogP contribution is 2.30. The molecule has 0 atom stereocenters. The zero-order valence-corrected chi connectivity index (χ0v) is 11.0. The molecule has 0 aliphatic heterocycles. The van der Waals surface area contributed by atoms with Crippen molar-refractivity contribution in [2.45, 2.75) is 19.4 Å². The van der Waals surface area contributed by atoms with Gasteiger partial charge in [-0.1, -0.05) is 18.2 Å². The van der Waals surface area contributed by atoms with E-state index in [2.05, 4.69) is 11.9 Å². The average molecular weight is 260 g/mol. The molecule has 0 aromatic heterocycles. The maximum Gasteiger partial charge on any atom is 0.317 e. The number of rotatable bonds is 6. The first-order valence-electron chi connectivity index (χ1n) is 6.60. The molecule has 19 heavy (non-hydrogen) atoms. The van der Waals surface area contributed by atoms with E-state index in [1.807, 2.05) is 17.0 Å². The van der Waals surface area contributed by atoms with Crippen LogP contribution in [0.4, 0.5) is 4.79 Å². The van der Waals surface area contributed by atoms with Gasteiger partial charge in [-0.15, -0.1) is 6.58 Å². The van der Waals surface area contributed by atoms with Gasteiger partial charge >= 0.3 is 6.03 Å². The van der Waals surface area contributed by atoms with Crippen molar-refractivity contribution in [2.24, 2.45) is 5.92 Å². The number of phenolic OH excluding ortho intramolecular Hbond substituents is 1. The Labute approximate surface area is 113 Å². The van der Waals surface area contributed by atoms with Gasteiger partial charge in [-0.3, -0.25) is 0 Å².